The molecular formula is C17H20N2O2. The minimum absolute atomic E-state index is 0.000635. The predicted octanol–water partition coefficient (Wildman–Crippen LogP) is 2.96. The molecule has 0 saturated heterocycles. The molecule has 0 radical (unpaired) electrons. The van der Waals surface area contributed by atoms with Gasteiger partial charge in [0.2, 0.25) is 5.91 Å². The fourth-order valence-electron chi connectivity index (χ4n) is 2.09. The highest BCUT2D eigenvalue weighted by atomic mass is 16.5. The molecule has 4 heteroatoms. The summed E-state index contributed by atoms with van der Waals surface area (Å²) >= 11 is 0. The zero-order valence-electron chi connectivity index (χ0n) is 12.4. The average Bonchev–Trinajstić information content (AvgIpc) is 2.54. The molecule has 0 spiro atoms. The Kier molecular flexibility index (Phi) is 5.46. The van der Waals surface area contributed by atoms with Crippen LogP contribution in [0.25, 0.3) is 11.1 Å². The molecule has 1 N–H and O–H groups in total. The highest BCUT2D eigenvalue weighted by Gasteiger charge is 2.09. The molecule has 4 nitrogen and oxygen atoms in total. The van der Waals surface area contributed by atoms with Gasteiger partial charge in [-0.05, 0) is 29.7 Å². The van der Waals surface area contributed by atoms with Crippen LogP contribution in [0, 0.1) is 0 Å². The van der Waals surface area contributed by atoms with E-state index >= 15 is 0 Å². The lowest BCUT2D eigenvalue weighted by Crippen LogP contribution is -2.27. The molecule has 1 atom stereocenters. The monoisotopic (exact) mass is 284 g/mol. The first-order chi connectivity index (χ1) is 10.2. The summed E-state index contributed by atoms with van der Waals surface area (Å²) in [4.78, 5) is 15.8. The van der Waals surface area contributed by atoms with E-state index in [1.54, 1.807) is 13.3 Å². The van der Waals surface area contributed by atoms with Gasteiger partial charge in [-0.2, -0.15) is 0 Å². The number of hydrogen-bond donors (Lipinski definition) is 1. The number of hydrogen-bond acceptors (Lipinski definition) is 3. The number of nitrogens with one attached hydrogen (secondary N) is 1. The second-order valence-electron chi connectivity index (χ2n) is 4.90. The summed E-state index contributed by atoms with van der Waals surface area (Å²) in [5, 5.41) is 2.96. The van der Waals surface area contributed by atoms with Gasteiger partial charge in [0.15, 0.2) is 0 Å². The lowest BCUT2D eigenvalue weighted by molar-refractivity contribution is -0.122. The second-order valence-corrected chi connectivity index (χ2v) is 4.90. The van der Waals surface area contributed by atoms with Gasteiger partial charge in [-0.25, -0.2) is 0 Å². The van der Waals surface area contributed by atoms with Gasteiger partial charge in [-0.15, -0.1) is 0 Å². The third kappa shape index (κ3) is 4.39. The summed E-state index contributed by atoms with van der Waals surface area (Å²) < 4.78 is 4.90. The van der Waals surface area contributed by atoms with Crippen LogP contribution in [0.3, 0.4) is 0 Å². The lowest BCUT2D eigenvalue weighted by Gasteiger charge is -2.14. The predicted molar refractivity (Wildman–Crippen MR) is 82.7 cm³/mol. The number of carbonyl (C=O) groups is 1. The number of ether oxygens (including phenoxy) is 1. The van der Waals surface area contributed by atoms with Crippen molar-refractivity contribution in [3.63, 3.8) is 0 Å². The molecule has 0 aliphatic heterocycles. The van der Waals surface area contributed by atoms with E-state index in [0.717, 1.165) is 16.7 Å². The van der Waals surface area contributed by atoms with Crippen molar-refractivity contribution in [1.82, 2.24) is 10.3 Å². The molecular weight excluding hydrogens is 264 g/mol. The second kappa shape index (κ2) is 7.55. The molecule has 0 aliphatic rings. The van der Waals surface area contributed by atoms with Crippen molar-refractivity contribution in [2.45, 2.75) is 19.4 Å². The third-order valence-corrected chi connectivity index (χ3v) is 3.32. The van der Waals surface area contributed by atoms with E-state index in [1.807, 2.05) is 49.5 Å². The Balaban J connectivity index is 2.00. The van der Waals surface area contributed by atoms with E-state index in [2.05, 4.69) is 10.3 Å². The van der Waals surface area contributed by atoms with E-state index in [9.17, 15) is 4.79 Å². The number of aromatic nitrogens is 1. The molecule has 21 heavy (non-hydrogen) atoms. The molecule has 110 valence electrons. The van der Waals surface area contributed by atoms with Crippen molar-refractivity contribution in [3.8, 4) is 11.1 Å². The van der Waals surface area contributed by atoms with Gasteiger partial charge in [-0.3, -0.25) is 9.78 Å². The minimum Gasteiger partial charge on any atom is -0.384 e. The van der Waals surface area contributed by atoms with Crippen LogP contribution < -0.4 is 5.32 Å². The largest absolute Gasteiger partial charge is 0.384 e. The van der Waals surface area contributed by atoms with Crippen LogP contribution in [0.4, 0.5) is 0 Å². The summed E-state index contributed by atoms with van der Waals surface area (Å²) in [5.41, 5.74) is 3.28. The number of methoxy groups -OCH3 is 1. The quantitative estimate of drug-likeness (QED) is 0.887. The SMILES string of the molecule is COCCC(=O)NC(C)c1ccc(-c2cccnc2)cc1. The number of rotatable bonds is 6. The van der Waals surface area contributed by atoms with Crippen molar-refractivity contribution in [3.05, 3.63) is 54.4 Å². The first-order valence-electron chi connectivity index (χ1n) is 6.99. The van der Waals surface area contributed by atoms with Crippen LogP contribution in [-0.2, 0) is 9.53 Å². The maximum atomic E-state index is 11.7. The number of nitrogens with zero attached hydrogens (tertiary/aromatic N) is 1. The third-order valence-electron chi connectivity index (χ3n) is 3.32. The minimum atomic E-state index is -0.0164. The molecule has 1 aromatic heterocycles. The normalized spacial score (nSPS) is 11.9. The Bertz CT molecular complexity index is 567. The van der Waals surface area contributed by atoms with Crippen LogP contribution in [0.5, 0.6) is 0 Å². The summed E-state index contributed by atoms with van der Waals surface area (Å²) in [6.07, 6.45) is 3.98. The highest BCUT2D eigenvalue weighted by molar-refractivity contribution is 5.76. The van der Waals surface area contributed by atoms with Crippen molar-refractivity contribution >= 4 is 5.91 Å². The van der Waals surface area contributed by atoms with Crippen molar-refractivity contribution in [2.75, 3.05) is 13.7 Å². The first-order valence-corrected chi connectivity index (χ1v) is 6.99. The number of carbonyl (C=O) groups excluding carboxylic acids is 1. The van der Waals surface area contributed by atoms with Gasteiger partial charge >= 0.3 is 0 Å². The number of pyridine rings is 1. The maximum Gasteiger partial charge on any atom is 0.222 e. The van der Waals surface area contributed by atoms with Crippen LogP contribution in [0.15, 0.2) is 48.8 Å². The highest BCUT2D eigenvalue weighted by Crippen LogP contribution is 2.21. The molecule has 0 bridgehead atoms. The Labute approximate surface area is 125 Å². The first kappa shape index (κ1) is 15.2. The molecule has 0 fully saturated rings. The molecule has 0 saturated carbocycles. The molecule has 1 amide bonds. The van der Waals surface area contributed by atoms with E-state index in [-0.39, 0.29) is 11.9 Å². The van der Waals surface area contributed by atoms with Gasteiger partial charge in [0.1, 0.15) is 0 Å². The zero-order valence-corrected chi connectivity index (χ0v) is 12.4. The number of benzene rings is 1. The standard InChI is InChI=1S/C17H20N2O2/c1-13(19-17(20)9-11-21-2)14-5-7-15(8-6-14)16-4-3-10-18-12-16/h3-8,10,12-13H,9,11H2,1-2H3,(H,19,20). The van der Waals surface area contributed by atoms with Gasteiger partial charge in [0.25, 0.3) is 0 Å². The molecule has 1 heterocycles. The smallest absolute Gasteiger partial charge is 0.222 e. The summed E-state index contributed by atoms with van der Waals surface area (Å²) in [6.45, 7) is 2.42. The summed E-state index contributed by atoms with van der Waals surface area (Å²) in [7, 11) is 1.59. The Morgan fingerprint density at radius 2 is 2.00 bits per heavy atom. The zero-order chi connectivity index (χ0) is 15.1. The summed E-state index contributed by atoms with van der Waals surface area (Å²) in [6, 6.07) is 12.1. The van der Waals surface area contributed by atoms with Crippen molar-refractivity contribution in [1.29, 1.82) is 0 Å². The van der Waals surface area contributed by atoms with Gasteiger partial charge in [0.05, 0.1) is 12.6 Å². The van der Waals surface area contributed by atoms with Crippen LogP contribution in [0.1, 0.15) is 24.9 Å². The van der Waals surface area contributed by atoms with Crippen LogP contribution in [0.2, 0.25) is 0 Å². The number of amides is 1. The van der Waals surface area contributed by atoms with Crippen molar-refractivity contribution in [2.24, 2.45) is 0 Å². The Hall–Kier alpha value is -2.20. The summed E-state index contributed by atoms with van der Waals surface area (Å²) in [5.74, 6) is 0.000635. The molecule has 2 rings (SSSR count). The topological polar surface area (TPSA) is 51.2 Å². The van der Waals surface area contributed by atoms with E-state index in [4.69, 9.17) is 4.74 Å². The Morgan fingerprint density at radius 1 is 1.24 bits per heavy atom. The average molecular weight is 284 g/mol. The van der Waals surface area contributed by atoms with Crippen LogP contribution >= 0.6 is 0 Å². The van der Waals surface area contributed by atoms with E-state index in [1.165, 1.54) is 0 Å². The van der Waals surface area contributed by atoms with Gasteiger partial charge in [0, 0.05) is 25.9 Å². The maximum absolute atomic E-state index is 11.7. The lowest BCUT2D eigenvalue weighted by atomic mass is 10.0. The Morgan fingerprint density at radius 3 is 2.62 bits per heavy atom. The van der Waals surface area contributed by atoms with Gasteiger partial charge in [-0.1, -0.05) is 30.3 Å². The van der Waals surface area contributed by atoms with Crippen LogP contribution in [-0.4, -0.2) is 24.6 Å². The fraction of sp³-hybridized carbons (Fsp3) is 0.294. The van der Waals surface area contributed by atoms with E-state index in [0.29, 0.717) is 13.0 Å². The molecule has 1 unspecified atom stereocenters. The van der Waals surface area contributed by atoms with E-state index < -0.39 is 0 Å². The van der Waals surface area contributed by atoms with Crippen molar-refractivity contribution < 1.29 is 9.53 Å². The molecule has 0 aliphatic carbocycles. The molecule has 1 aromatic carbocycles. The van der Waals surface area contributed by atoms with Gasteiger partial charge < -0.3 is 10.1 Å². The fourth-order valence-corrected chi connectivity index (χ4v) is 2.09. The molecule has 2 aromatic rings.